The second-order valence-corrected chi connectivity index (χ2v) is 8.02. The van der Waals surface area contributed by atoms with Crippen LogP contribution in [0.5, 0.6) is 0 Å². The Morgan fingerprint density at radius 1 is 1.40 bits per heavy atom. The van der Waals surface area contributed by atoms with Crippen LogP contribution in [0.1, 0.15) is 43.9 Å². The number of amides is 1. The zero-order valence-corrected chi connectivity index (χ0v) is 16.6. The maximum Gasteiger partial charge on any atom is 0.243 e. The van der Waals surface area contributed by atoms with Crippen LogP contribution in [0.4, 0.5) is 0 Å². The number of thiophene rings is 1. The molecular formula is C19H32N4OS. The normalized spacial score (nSPS) is 21.0. The fourth-order valence-corrected chi connectivity index (χ4v) is 3.89. The van der Waals surface area contributed by atoms with Crippen molar-refractivity contribution in [2.45, 2.75) is 51.5 Å². The van der Waals surface area contributed by atoms with Crippen molar-refractivity contribution >= 4 is 23.2 Å². The van der Waals surface area contributed by atoms with E-state index in [1.165, 1.54) is 37.0 Å². The van der Waals surface area contributed by atoms with Crippen LogP contribution in [0, 0.1) is 5.92 Å². The molecule has 1 aliphatic carbocycles. The molecule has 2 atom stereocenters. The molecule has 1 heterocycles. The van der Waals surface area contributed by atoms with E-state index < -0.39 is 0 Å². The Morgan fingerprint density at radius 2 is 2.24 bits per heavy atom. The number of carbonyl (C=O) groups excluding carboxylic acids is 1. The number of carbonyl (C=O) groups is 1. The highest BCUT2D eigenvalue weighted by Gasteiger charge is 2.21. The topological polar surface area (TPSA) is 56.7 Å². The van der Waals surface area contributed by atoms with Crippen molar-refractivity contribution in [1.82, 2.24) is 15.5 Å². The average Bonchev–Trinajstić information content (AvgIpc) is 3.12. The van der Waals surface area contributed by atoms with Crippen LogP contribution in [0.2, 0.25) is 0 Å². The Balaban J connectivity index is 1.90. The number of guanidine groups is 1. The maximum absolute atomic E-state index is 11.9. The summed E-state index contributed by atoms with van der Waals surface area (Å²) in [6.07, 6.45) is 7.21. The van der Waals surface area contributed by atoms with Gasteiger partial charge in [-0.1, -0.05) is 32.3 Å². The van der Waals surface area contributed by atoms with Crippen LogP contribution in [-0.2, 0) is 11.2 Å². The second kappa shape index (κ2) is 10.4. The van der Waals surface area contributed by atoms with E-state index in [0.29, 0.717) is 6.04 Å². The van der Waals surface area contributed by atoms with Crippen molar-refractivity contribution in [3.8, 4) is 0 Å². The lowest BCUT2D eigenvalue weighted by Gasteiger charge is -2.30. The van der Waals surface area contributed by atoms with Gasteiger partial charge in [-0.05, 0) is 36.6 Å². The zero-order valence-electron chi connectivity index (χ0n) is 15.8. The number of likely N-dealkylation sites (N-methyl/N-ethyl adjacent to an activating group) is 1. The van der Waals surface area contributed by atoms with Gasteiger partial charge in [0.15, 0.2) is 5.96 Å². The summed E-state index contributed by atoms with van der Waals surface area (Å²) in [6, 6.07) is 4.69. The van der Waals surface area contributed by atoms with Crippen LogP contribution >= 0.6 is 11.3 Å². The highest BCUT2D eigenvalue weighted by molar-refractivity contribution is 7.09. The molecule has 0 spiro atoms. The molecule has 1 aromatic rings. The number of rotatable bonds is 7. The fourth-order valence-electron chi connectivity index (χ4n) is 3.19. The Morgan fingerprint density at radius 3 is 2.92 bits per heavy atom. The van der Waals surface area contributed by atoms with E-state index in [0.717, 1.165) is 24.8 Å². The first-order valence-electron chi connectivity index (χ1n) is 9.35. The van der Waals surface area contributed by atoms with Crippen molar-refractivity contribution < 1.29 is 4.79 Å². The molecule has 25 heavy (non-hydrogen) atoms. The van der Waals surface area contributed by atoms with Crippen molar-refractivity contribution in [2.24, 2.45) is 10.9 Å². The van der Waals surface area contributed by atoms with Gasteiger partial charge in [0.25, 0.3) is 0 Å². The van der Waals surface area contributed by atoms with Crippen molar-refractivity contribution in [2.75, 3.05) is 27.2 Å². The van der Waals surface area contributed by atoms with Gasteiger partial charge in [-0.15, -0.1) is 11.3 Å². The van der Waals surface area contributed by atoms with Gasteiger partial charge in [-0.3, -0.25) is 4.79 Å². The molecule has 0 bridgehead atoms. The summed E-state index contributed by atoms with van der Waals surface area (Å²) in [5.74, 6) is 1.60. The Hall–Kier alpha value is -1.56. The number of nitrogens with one attached hydrogen (secondary N) is 2. The summed E-state index contributed by atoms with van der Waals surface area (Å²) in [4.78, 5) is 19.3. The minimum absolute atomic E-state index is 0.0226. The lowest BCUT2D eigenvalue weighted by atomic mass is 9.84. The van der Waals surface area contributed by atoms with Crippen LogP contribution in [0.15, 0.2) is 22.5 Å². The molecule has 1 fully saturated rings. The SMILES string of the molecule is CCC1CCCC(NC(=NCC(=O)N(C)C)NCCc2cccs2)C1. The molecule has 2 unspecified atom stereocenters. The zero-order chi connectivity index (χ0) is 18.1. The minimum atomic E-state index is 0.0226. The third-order valence-electron chi connectivity index (χ3n) is 4.82. The van der Waals surface area contributed by atoms with Crippen molar-refractivity contribution in [3.63, 3.8) is 0 Å². The lowest BCUT2D eigenvalue weighted by molar-refractivity contribution is -0.127. The van der Waals surface area contributed by atoms with Crippen molar-refractivity contribution in [3.05, 3.63) is 22.4 Å². The Labute approximate surface area is 155 Å². The van der Waals surface area contributed by atoms with Gasteiger partial charge in [0.2, 0.25) is 5.91 Å². The van der Waals surface area contributed by atoms with Crippen LogP contribution < -0.4 is 10.6 Å². The first kappa shape index (κ1) is 19.8. The third kappa shape index (κ3) is 7.06. The molecule has 0 aromatic carbocycles. The number of hydrogen-bond acceptors (Lipinski definition) is 3. The predicted molar refractivity (Wildman–Crippen MR) is 106 cm³/mol. The maximum atomic E-state index is 11.9. The van der Waals surface area contributed by atoms with Gasteiger partial charge >= 0.3 is 0 Å². The predicted octanol–water partition coefficient (Wildman–Crippen LogP) is 2.88. The van der Waals surface area contributed by atoms with Gasteiger partial charge < -0.3 is 15.5 Å². The molecule has 0 aliphatic heterocycles. The molecule has 2 rings (SSSR count). The summed E-state index contributed by atoms with van der Waals surface area (Å²) in [5.41, 5.74) is 0. The van der Waals surface area contributed by atoms with Gasteiger partial charge in [-0.2, -0.15) is 0 Å². The van der Waals surface area contributed by atoms with E-state index in [9.17, 15) is 4.79 Å². The summed E-state index contributed by atoms with van der Waals surface area (Å²) in [6.45, 7) is 3.29. The molecule has 6 heteroatoms. The van der Waals surface area contributed by atoms with Gasteiger partial charge in [0.05, 0.1) is 0 Å². The molecule has 1 aromatic heterocycles. The highest BCUT2D eigenvalue weighted by atomic mass is 32.1. The molecule has 1 saturated carbocycles. The Kier molecular flexibility index (Phi) is 8.25. The van der Waals surface area contributed by atoms with Crippen LogP contribution in [0.3, 0.4) is 0 Å². The van der Waals surface area contributed by atoms with Crippen LogP contribution in [0.25, 0.3) is 0 Å². The van der Waals surface area contributed by atoms with E-state index in [1.54, 1.807) is 30.3 Å². The number of aliphatic imine (C=N–C) groups is 1. The van der Waals surface area contributed by atoms with Crippen molar-refractivity contribution in [1.29, 1.82) is 0 Å². The molecule has 2 N–H and O–H groups in total. The van der Waals surface area contributed by atoms with E-state index in [4.69, 9.17) is 0 Å². The molecule has 140 valence electrons. The first-order valence-corrected chi connectivity index (χ1v) is 10.2. The smallest absolute Gasteiger partial charge is 0.243 e. The largest absolute Gasteiger partial charge is 0.356 e. The van der Waals surface area contributed by atoms with E-state index in [2.05, 4.69) is 40.1 Å². The van der Waals surface area contributed by atoms with Gasteiger partial charge in [0, 0.05) is 31.6 Å². The fraction of sp³-hybridized carbons (Fsp3) is 0.684. The first-order chi connectivity index (χ1) is 12.1. The summed E-state index contributed by atoms with van der Waals surface area (Å²) >= 11 is 1.77. The van der Waals surface area contributed by atoms with E-state index >= 15 is 0 Å². The molecule has 1 aliphatic rings. The summed E-state index contributed by atoms with van der Waals surface area (Å²) < 4.78 is 0. The van der Waals surface area contributed by atoms with Crippen LogP contribution in [-0.4, -0.2) is 50.0 Å². The second-order valence-electron chi connectivity index (χ2n) is 6.99. The lowest BCUT2D eigenvalue weighted by Crippen LogP contribution is -2.46. The Bertz CT molecular complexity index is 542. The quantitative estimate of drug-likeness (QED) is 0.578. The molecule has 0 saturated heterocycles. The summed E-state index contributed by atoms with van der Waals surface area (Å²) in [5, 5.41) is 9.08. The van der Waals surface area contributed by atoms with Gasteiger partial charge in [-0.25, -0.2) is 4.99 Å². The van der Waals surface area contributed by atoms with Gasteiger partial charge in [0.1, 0.15) is 6.54 Å². The molecule has 1 amide bonds. The molecule has 5 nitrogen and oxygen atoms in total. The van der Waals surface area contributed by atoms with E-state index in [-0.39, 0.29) is 12.5 Å². The number of nitrogens with zero attached hydrogens (tertiary/aromatic N) is 2. The number of hydrogen-bond donors (Lipinski definition) is 2. The third-order valence-corrected chi connectivity index (χ3v) is 5.75. The summed E-state index contributed by atoms with van der Waals surface area (Å²) in [7, 11) is 3.53. The average molecular weight is 365 g/mol. The minimum Gasteiger partial charge on any atom is -0.356 e. The highest BCUT2D eigenvalue weighted by Crippen LogP contribution is 2.26. The molecule has 0 radical (unpaired) electrons. The van der Waals surface area contributed by atoms with E-state index in [1.807, 2.05) is 0 Å². The standard InChI is InChI=1S/C19H32N4OS/c1-4-15-7-5-8-16(13-15)22-19(21-14-18(24)23(2)3)20-11-10-17-9-6-12-25-17/h6,9,12,15-16H,4-5,7-8,10-11,13-14H2,1-3H3,(H2,20,21,22). The molecular weight excluding hydrogens is 332 g/mol. The monoisotopic (exact) mass is 364 g/mol.